The Morgan fingerprint density at radius 1 is 1.00 bits per heavy atom. The van der Waals surface area contributed by atoms with Crippen LogP contribution in [0.15, 0.2) is 84.1 Å². The summed E-state index contributed by atoms with van der Waals surface area (Å²) < 4.78 is 12.3. The summed E-state index contributed by atoms with van der Waals surface area (Å²) in [5, 5.41) is 12.2. The summed E-state index contributed by atoms with van der Waals surface area (Å²) >= 11 is 6.04. The van der Waals surface area contributed by atoms with Gasteiger partial charge in [0, 0.05) is 33.5 Å². The molecule has 140 valence electrons. The largest absolute Gasteiger partial charge is 0.492 e. The number of rotatable bonds is 1. The van der Waals surface area contributed by atoms with Crippen molar-refractivity contribution in [2.75, 3.05) is 6.61 Å². The normalized spacial score (nSPS) is 16.8. The van der Waals surface area contributed by atoms with Crippen LogP contribution in [0.3, 0.4) is 0 Å². The second-order valence-electron chi connectivity index (χ2n) is 6.91. The Morgan fingerprint density at radius 2 is 1.83 bits per heavy atom. The highest BCUT2D eigenvalue weighted by Crippen LogP contribution is 2.44. The first kappa shape index (κ1) is 17.6. The predicted molar refractivity (Wildman–Crippen MR) is 115 cm³/mol. The molecule has 0 radical (unpaired) electrons. The van der Waals surface area contributed by atoms with Crippen LogP contribution in [0.2, 0.25) is 5.02 Å². The molecule has 0 amide bonds. The maximum absolute atomic E-state index is 9.31. The van der Waals surface area contributed by atoms with Crippen molar-refractivity contribution in [3.63, 3.8) is 0 Å². The van der Waals surface area contributed by atoms with E-state index >= 15 is 0 Å². The third-order valence-corrected chi connectivity index (χ3v) is 5.46. The summed E-state index contributed by atoms with van der Waals surface area (Å²) in [5.41, 5.74) is 3.92. The minimum Gasteiger partial charge on any atom is -0.492 e. The van der Waals surface area contributed by atoms with E-state index in [0.29, 0.717) is 29.6 Å². The molecule has 0 bridgehead atoms. The van der Waals surface area contributed by atoms with Crippen LogP contribution in [0.1, 0.15) is 17.5 Å². The lowest BCUT2D eigenvalue weighted by Crippen LogP contribution is -2.06. The summed E-state index contributed by atoms with van der Waals surface area (Å²) in [6.07, 6.45) is 4.16. The molecule has 3 nitrogen and oxygen atoms in total. The van der Waals surface area contributed by atoms with Crippen molar-refractivity contribution < 1.29 is 9.47 Å². The third-order valence-electron chi connectivity index (χ3n) is 5.21. The molecule has 5 rings (SSSR count). The van der Waals surface area contributed by atoms with Crippen molar-refractivity contribution >= 4 is 33.7 Å². The average molecular weight is 398 g/mol. The second-order valence-corrected chi connectivity index (χ2v) is 7.35. The number of benzene rings is 3. The van der Waals surface area contributed by atoms with Crippen molar-refractivity contribution in [1.82, 2.24) is 0 Å². The van der Waals surface area contributed by atoms with Crippen molar-refractivity contribution in [2.24, 2.45) is 0 Å². The van der Waals surface area contributed by atoms with Crippen molar-refractivity contribution in [3.05, 3.63) is 100 Å². The Hall–Kier alpha value is -3.48. The zero-order valence-electron chi connectivity index (χ0n) is 15.5. The molecular weight excluding hydrogens is 382 g/mol. The lowest BCUT2D eigenvalue weighted by Gasteiger charge is -2.22. The predicted octanol–water partition coefficient (Wildman–Crippen LogP) is 6.51. The molecule has 29 heavy (non-hydrogen) atoms. The molecule has 2 aliphatic heterocycles. The minimum absolute atomic E-state index is 0.524. The van der Waals surface area contributed by atoms with E-state index in [1.807, 2.05) is 42.5 Å². The minimum atomic E-state index is 0.524. The van der Waals surface area contributed by atoms with Crippen LogP contribution in [-0.2, 0) is 4.74 Å². The van der Waals surface area contributed by atoms with Gasteiger partial charge in [-0.1, -0.05) is 41.9 Å². The number of hydrogen-bond acceptors (Lipinski definition) is 3. The summed E-state index contributed by atoms with van der Waals surface area (Å²) in [7, 11) is 0. The van der Waals surface area contributed by atoms with Crippen molar-refractivity contribution in [2.45, 2.75) is 6.42 Å². The van der Waals surface area contributed by atoms with E-state index in [1.54, 1.807) is 0 Å². The topological polar surface area (TPSA) is 42.2 Å². The van der Waals surface area contributed by atoms with Crippen molar-refractivity contribution in [1.29, 1.82) is 5.26 Å². The molecule has 0 aromatic heterocycles. The summed E-state index contributed by atoms with van der Waals surface area (Å²) in [6.45, 7) is 0.524. The molecule has 0 fully saturated rings. The molecule has 0 spiro atoms. The highest BCUT2D eigenvalue weighted by atomic mass is 35.5. The van der Waals surface area contributed by atoms with Crippen LogP contribution in [0.4, 0.5) is 0 Å². The van der Waals surface area contributed by atoms with Gasteiger partial charge in [-0.3, -0.25) is 0 Å². The maximum Gasteiger partial charge on any atom is 0.141 e. The van der Waals surface area contributed by atoms with E-state index in [2.05, 4.69) is 30.3 Å². The van der Waals surface area contributed by atoms with Crippen LogP contribution in [0.5, 0.6) is 5.75 Å². The molecule has 0 unspecified atom stereocenters. The fourth-order valence-corrected chi connectivity index (χ4v) is 3.98. The van der Waals surface area contributed by atoms with Gasteiger partial charge in [0.25, 0.3) is 0 Å². The number of fused-ring (bicyclic) bond motifs is 4. The molecular formula is C25H16ClNO2. The van der Waals surface area contributed by atoms with Gasteiger partial charge in [0.1, 0.15) is 17.3 Å². The molecule has 0 saturated heterocycles. The quantitative estimate of drug-likeness (QED) is 0.439. The summed E-state index contributed by atoms with van der Waals surface area (Å²) in [4.78, 5) is 0. The Balaban J connectivity index is 1.75. The van der Waals surface area contributed by atoms with Gasteiger partial charge in [0.15, 0.2) is 0 Å². The zero-order valence-corrected chi connectivity index (χ0v) is 16.2. The van der Waals surface area contributed by atoms with Gasteiger partial charge >= 0.3 is 0 Å². The van der Waals surface area contributed by atoms with E-state index in [4.69, 9.17) is 21.1 Å². The van der Waals surface area contributed by atoms with E-state index in [-0.39, 0.29) is 0 Å². The van der Waals surface area contributed by atoms with Crippen LogP contribution in [0, 0.1) is 11.3 Å². The first-order chi connectivity index (χ1) is 14.2. The van der Waals surface area contributed by atoms with Gasteiger partial charge in [0.05, 0.1) is 18.8 Å². The lowest BCUT2D eigenvalue weighted by atomic mass is 9.91. The van der Waals surface area contributed by atoms with Crippen LogP contribution >= 0.6 is 11.6 Å². The van der Waals surface area contributed by atoms with E-state index in [9.17, 15) is 5.26 Å². The zero-order chi connectivity index (χ0) is 19.8. The summed E-state index contributed by atoms with van der Waals surface area (Å²) in [5.74, 6) is 2.13. The van der Waals surface area contributed by atoms with Crippen LogP contribution < -0.4 is 4.74 Å². The molecule has 0 aliphatic carbocycles. The highest BCUT2D eigenvalue weighted by Gasteiger charge is 2.27. The van der Waals surface area contributed by atoms with Gasteiger partial charge in [-0.05, 0) is 47.4 Å². The molecule has 0 N–H and O–H groups in total. The molecule has 2 heterocycles. The van der Waals surface area contributed by atoms with Gasteiger partial charge in [-0.25, -0.2) is 0 Å². The number of halogens is 1. The number of ether oxygens (including phenoxy) is 2. The maximum atomic E-state index is 9.31. The fraction of sp³-hybridized carbons (Fsp3) is 0.0800. The van der Waals surface area contributed by atoms with E-state index in [1.165, 1.54) is 6.08 Å². The monoisotopic (exact) mass is 397 g/mol. The number of nitriles is 1. The molecule has 0 saturated carbocycles. The first-order valence-electron chi connectivity index (χ1n) is 9.38. The Morgan fingerprint density at radius 3 is 2.66 bits per heavy atom. The Bertz CT molecular complexity index is 1260. The average Bonchev–Trinajstić information content (AvgIpc) is 2.94. The molecule has 3 aromatic rings. The fourth-order valence-electron chi connectivity index (χ4n) is 3.86. The highest BCUT2D eigenvalue weighted by molar-refractivity contribution is 6.30. The Kier molecular flexibility index (Phi) is 4.35. The molecule has 0 atom stereocenters. The van der Waals surface area contributed by atoms with Crippen molar-refractivity contribution in [3.8, 4) is 11.8 Å². The lowest BCUT2D eigenvalue weighted by molar-refractivity contribution is 0.320. The smallest absolute Gasteiger partial charge is 0.141 e. The van der Waals surface area contributed by atoms with E-state index in [0.717, 1.165) is 38.8 Å². The van der Waals surface area contributed by atoms with Gasteiger partial charge in [-0.15, -0.1) is 0 Å². The molecule has 4 heteroatoms. The standard InChI is InChI=1S/C25H16ClNO2/c26-18-8-5-17(6-9-18)24-15-22-20(23(29-24)11-13-27)12-14-28-25-19-4-2-1-3-16(19)7-10-21(22)25/h1-11,15H,12,14H2/b23-11-. The first-order valence-corrected chi connectivity index (χ1v) is 9.76. The van der Waals surface area contributed by atoms with Gasteiger partial charge < -0.3 is 9.47 Å². The van der Waals surface area contributed by atoms with Crippen LogP contribution in [-0.4, -0.2) is 6.61 Å². The SMILES string of the molecule is N#C/C=C1\OC(c2ccc(Cl)cc2)=CC2=C1CCOc1c2ccc2ccccc12. The summed E-state index contributed by atoms with van der Waals surface area (Å²) in [6, 6.07) is 22.0. The van der Waals surface area contributed by atoms with Crippen LogP contribution in [0.25, 0.3) is 22.1 Å². The Labute approximate surface area is 173 Å². The van der Waals surface area contributed by atoms with Gasteiger partial charge in [0.2, 0.25) is 0 Å². The number of nitrogens with zero attached hydrogens (tertiary/aromatic N) is 1. The number of allylic oxidation sites excluding steroid dienone is 4. The van der Waals surface area contributed by atoms with E-state index < -0.39 is 0 Å². The molecule has 2 aliphatic rings. The third kappa shape index (κ3) is 3.08. The molecule has 3 aromatic carbocycles. The van der Waals surface area contributed by atoms with Gasteiger partial charge in [-0.2, -0.15) is 5.26 Å². The second kappa shape index (κ2) is 7.16. The number of hydrogen-bond donors (Lipinski definition) is 0.